The maximum atomic E-state index is 12.0. The number of unbranched alkanes of at least 4 members (excludes halogenated alkanes) is 9. The van der Waals surface area contributed by atoms with Gasteiger partial charge in [-0.05, 0) is 44.1 Å². The number of carbonyl (C=O) groups is 2. The number of ketones is 1. The Balaban J connectivity index is 1.87. The molecule has 2 N–H and O–H groups in total. The van der Waals surface area contributed by atoms with E-state index in [0.29, 0.717) is 25.1 Å². The maximum absolute atomic E-state index is 12.0. The van der Waals surface area contributed by atoms with E-state index in [1.165, 1.54) is 63.9 Å². The molecule has 1 rings (SSSR count). The molecule has 0 aliphatic rings. The van der Waals surface area contributed by atoms with Crippen LogP contribution >= 0.6 is 11.8 Å². The summed E-state index contributed by atoms with van der Waals surface area (Å²) in [4.78, 5) is 23.9. The number of benzene rings is 1. The molecule has 0 radical (unpaired) electrons. The van der Waals surface area contributed by atoms with Gasteiger partial charge < -0.3 is 10.4 Å². The van der Waals surface area contributed by atoms with Gasteiger partial charge in [-0.25, -0.2) is 0 Å². The predicted molar refractivity (Wildman–Crippen MR) is 132 cm³/mol. The van der Waals surface area contributed by atoms with Crippen molar-refractivity contribution in [2.24, 2.45) is 0 Å². The molecule has 0 fully saturated rings. The number of hydrogen-bond donors (Lipinski definition) is 2. The third-order valence-corrected chi connectivity index (χ3v) is 6.20. The normalized spacial score (nSPS) is 10.4. The fourth-order valence-corrected chi connectivity index (χ4v) is 4.21. The van der Waals surface area contributed by atoms with Crippen LogP contribution in [0, 0.1) is 11.8 Å². The van der Waals surface area contributed by atoms with Crippen molar-refractivity contribution in [1.29, 1.82) is 0 Å². The molecule has 0 bridgehead atoms. The molecule has 0 aromatic heterocycles. The van der Waals surface area contributed by atoms with Crippen molar-refractivity contribution < 1.29 is 14.7 Å². The lowest BCUT2D eigenvalue weighted by molar-refractivity contribution is -0.116. The van der Waals surface area contributed by atoms with Crippen molar-refractivity contribution in [3.63, 3.8) is 0 Å². The van der Waals surface area contributed by atoms with Crippen LogP contribution in [0.1, 0.15) is 94.3 Å². The van der Waals surface area contributed by atoms with Crippen LogP contribution in [-0.2, 0) is 4.79 Å². The summed E-state index contributed by atoms with van der Waals surface area (Å²) < 4.78 is 0. The average Bonchev–Trinajstić information content (AvgIpc) is 2.77. The number of thioether (sulfide) groups is 1. The van der Waals surface area contributed by atoms with E-state index in [0.717, 1.165) is 12.2 Å². The van der Waals surface area contributed by atoms with Crippen molar-refractivity contribution in [2.75, 3.05) is 18.1 Å². The molecule has 0 spiro atoms. The van der Waals surface area contributed by atoms with Gasteiger partial charge in [-0.3, -0.25) is 9.59 Å². The number of aromatic hydroxyl groups is 1. The first-order valence-corrected chi connectivity index (χ1v) is 12.9. The lowest BCUT2D eigenvalue weighted by atomic mass is 10.1. The van der Waals surface area contributed by atoms with Crippen molar-refractivity contribution in [3.05, 3.63) is 29.8 Å². The minimum atomic E-state index is -0.304. The molecule has 4 nitrogen and oxygen atoms in total. The number of phenols is 1. The zero-order valence-electron chi connectivity index (χ0n) is 19.1. The van der Waals surface area contributed by atoms with E-state index >= 15 is 0 Å². The first-order valence-electron chi connectivity index (χ1n) is 11.7. The highest BCUT2D eigenvalue weighted by atomic mass is 32.2. The van der Waals surface area contributed by atoms with E-state index in [9.17, 15) is 14.7 Å². The van der Waals surface area contributed by atoms with Gasteiger partial charge in [0, 0.05) is 19.4 Å². The number of phenolic OH excluding ortho intramolecular Hbond substituents is 1. The Morgan fingerprint density at radius 1 is 0.935 bits per heavy atom. The van der Waals surface area contributed by atoms with Crippen LogP contribution in [0.4, 0.5) is 0 Å². The molecule has 0 heterocycles. The zero-order valence-corrected chi connectivity index (χ0v) is 19.9. The summed E-state index contributed by atoms with van der Waals surface area (Å²) in [5.74, 6) is 7.59. The molecule has 31 heavy (non-hydrogen) atoms. The highest BCUT2D eigenvalue weighted by molar-refractivity contribution is 7.99. The van der Waals surface area contributed by atoms with E-state index in [1.807, 2.05) is 6.92 Å². The molecule has 0 aliphatic heterocycles. The lowest BCUT2D eigenvalue weighted by Crippen LogP contribution is -2.25. The largest absolute Gasteiger partial charge is 0.507 e. The molecular weight excluding hydrogens is 406 g/mol. The van der Waals surface area contributed by atoms with Gasteiger partial charge in [0.2, 0.25) is 0 Å². The minimum Gasteiger partial charge on any atom is -0.507 e. The molecule has 1 aromatic carbocycles. The summed E-state index contributed by atoms with van der Waals surface area (Å²) in [6, 6.07) is 6.46. The van der Waals surface area contributed by atoms with Gasteiger partial charge in [0.15, 0.2) is 0 Å². The van der Waals surface area contributed by atoms with Crippen LogP contribution < -0.4 is 5.32 Å². The molecule has 1 amide bonds. The predicted octanol–water partition coefficient (Wildman–Crippen LogP) is 6.13. The van der Waals surface area contributed by atoms with E-state index in [4.69, 9.17) is 0 Å². The standard InChI is InChI=1S/C26H39NO3S/c1-2-3-4-5-6-7-8-9-10-11-12-15-21-31-22-23(28)17-16-20-27-26(30)24-18-13-14-19-25(24)29/h13-14,18-19,29H,4-12,15-17,20-22H2,1H3,(H,27,30). The molecular formula is C26H39NO3S. The van der Waals surface area contributed by atoms with Gasteiger partial charge in [0.25, 0.3) is 5.91 Å². The fraction of sp³-hybridized carbons (Fsp3) is 0.615. The molecule has 1 aromatic rings. The van der Waals surface area contributed by atoms with Crippen molar-refractivity contribution >= 4 is 23.5 Å². The monoisotopic (exact) mass is 445 g/mol. The number of Topliss-reactive ketones (excluding diaryl/α,β-unsaturated/α-hetero) is 1. The van der Waals surface area contributed by atoms with Gasteiger partial charge >= 0.3 is 0 Å². The number of rotatable bonds is 18. The minimum absolute atomic E-state index is 0.0268. The SMILES string of the molecule is CC#CCCCCCCCCCCCSCC(=O)CCCNC(=O)c1ccccc1O. The Hall–Kier alpha value is -1.93. The second-order valence-corrected chi connectivity index (χ2v) is 8.93. The second-order valence-electron chi connectivity index (χ2n) is 7.83. The van der Waals surface area contributed by atoms with E-state index in [2.05, 4.69) is 17.2 Å². The number of para-hydroxylation sites is 1. The van der Waals surface area contributed by atoms with Crippen LogP contribution in [0.2, 0.25) is 0 Å². The third-order valence-electron chi connectivity index (χ3n) is 5.10. The topological polar surface area (TPSA) is 66.4 Å². The molecule has 0 aliphatic carbocycles. The van der Waals surface area contributed by atoms with Crippen LogP contribution in [0.3, 0.4) is 0 Å². The second kappa shape index (κ2) is 18.8. The fourth-order valence-electron chi connectivity index (χ4n) is 3.29. The maximum Gasteiger partial charge on any atom is 0.255 e. The first kappa shape index (κ1) is 27.1. The first-order chi connectivity index (χ1) is 15.1. The average molecular weight is 446 g/mol. The van der Waals surface area contributed by atoms with Crippen LogP contribution in [0.15, 0.2) is 24.3 Å². The molecule has 5 heteroatoms. The molecule has 0 saturated heterocycles. The van der Waals surface area contributed by atoms with E-state index in [1.54, 1.807) is 30.0 Å². The van der Waals surface area contributed by atoms with E-state index in [-0.39, 0.29) is 23.0 Å². The lowest BCUT2D eigenvalue weighted by Gasteiger charge is -2.06. The highest BCUT2D eigenvalue weighted by Gasteiger charge is 2.09. The van der Waals surface area contributed by atoms with Crippen molar-refractivity contribution in [3.8, 4) is 17.6 Å². The quantitative estimate of drug-likeness (QED) is 0.211. The van der Waals surface area contributed by atoms with Gasteiger partial charge in [-0.1, -0.05) is 57.1 Å². The number of hydrogen-bond acceptors (Lipinski definition) is 4. The number of amides is 1. The number of nitrogens with one attached hydrogen (secondary N) is 1. The Labute approximate surface area is 193 Å². The van der Waals surface area contributed by atoms with Gasteiger partial charge in [-0.2, -0.15) is 11.8 Å². The molecule has 172 valence electrons. The smallest absolute Gasteiger partial charge is 0.255 e. The Bertz CT molecular complexity index is 693. The Morgan fingerprint density at radius 3 is 2.26 bits per heavy atom. The Morgan fingerprint density at radius 2 is 1.58 bits per heavy atom. The number of carbonyl (C=O) groups excluding carboxylic acids is 2. The van der Waals surface area contributed by atoms with Crippen LogP contribution in [0.25, 0.3) is 0 Å². The summed E-state index contributed by atoms with van der Waals surface area (Å²) >= 11 is 1.72. The van der Waals surface area contributed by atoms with Gasteiger partial charge in [-0.15, -0.1) is 11.8 Å². The summed E-state index contributed by atoms with van der Waals surface area (Å²) in [5.41, 5.74) is 0.266. The van der Waals surface area contributed by atoms with Crippen molar-refractivity contribution in [1.82, 2.24) is 5.32 Å². The summed E-state index contributed by atoms with van der Waals surface area (Å²) in [7, 11) is 0. The summed E-state index contributed by atoms with van der Waals surface area (Å²) in [6.07, 6.45) is 13.8. The summed E-state index contributed by atoms with van der Waals surface area (Å²) in [5, 5.41) is 12.4. The summed E-state index contributed by atoms with van der Waals surface area (Å²) in [6.45, 7) is 2.35. The van der Waals surface area contributed by atoms with Crippen LogP contribution in [-0.4, -0.2) is 34.8 Å². The van der Waals surface area contributed by atoms with Gasteiger partial charge in [0.05, 0.1) is 11.3 Å². The Kier molecular flexibility index (Phi) is 16.4. The van der Waals surface area contributed by atoms with Crippen LogP contribution in [0.5, 0.6) is 5.75 Å². The molecule has 0 saturated carbocycles. The molecule has 0 unspecified atom stereocenters. The van der Waals surface area contributed by atoms with Gasteiger partial charge in [0.1, 0.15) is 11.5 Å². The highest BCUT2D eigenvalue weighted by Crippen LogP contribution is 2.15. The zero-order chi connectivity index (χ0) is 22.6. The van der Waals surface area contributed by atoms with E-state index < -0.39 is 0 Å². The van der Waals surface area contributed by atoms with Crippen molar-refractivity contribution in [2.45, 2.75) is 84.0 Å². The molecule has 0 atom stereocenters. The third kappa shape index (κ3) is 14.7.